The summed E-state index contributed by atoms with van der Waals surface area (Å²) in [6.45, 7) is 0.737. The van der Waals surface area contributed by atoms with Gasteiger partial charge < -0.3 is 10.1 Å². The molecule has 0 aliphatic rings. The smallest absolute Gasteiger partial charge is 0.321 e. The highest BCUT2D eigenvalue weighted by Gasteiger charge is 2.00. The zero-order valence-electron chi connectivity index (χ0n) is 9.35. The van der Waals surface area contributed by atoms with Crippen LogP contribution in [0.2, 0.25) is 5.02 Å². The average molecular weight is 250 g/mol. The van der Waals surface area contributed by atoms with E-state index in [4.69, 9.17) is 16.3 Å². The minimum absolute atomic E-state index is 0.326. The molecule has 1 aromatic carbocycles. The van der Waals surface area contributed by atoms with E-state index >= 15 is 0 Å². The van der Waals surface area contributed by atoms with Gasteiger partial charge in [0.05, 0.1) is 0 Å². The summed E-state index contributed by atoms with van der Waals surface area (Å²) in [4.78, 5) is 8.22. The number of halogens is 1. The van der Waals surface area contributed by atoms with Gasteiger partial charge in [-0.05, 0) is 31.3 Å². The fourth-order valence-electron chi connectivity index (χ4n) is 1.30. The molecule has 0 unspecified atom stereocenters. The van der Waals surface area contributed by atoms with Crippen LogP contribution in [0.25, 0.3) is 0 Å². The summed E-state index contributed by atoms with van der Waals surface area (Å²) in [6, 6.07) is 7.38. The normalized spacial score (nSPS) is 10.2. The van der Waals surface area contributed by atoms with E-state index in [0.29, 0.717) is 16.8 Å². The summed E-state index contributed by atoms with van der Waals surface area (Å²) in [5.74, 6) is 0.663. The second-order valence-electron chi connectivity index (χ2n) is 3.46. The molecule has 0 bridgehead atoms. The summed E-state index contributed by atoms with van der Waals surface area (Å²) in [5, 5.41) is 3.69. The zero-order chi connectivity index (χ0) is 12.1. The van der Waals surface area contributed by atoms with Crippen molar-refractivity contribution in [1.29, 1.82) is 0 Å². The Morgan fingerprint density at radius 2 is 1.82 bits per heavy atom. The van der Waals surface area contributed by atoms with Gasteiger partial charge >= 0.3 is 6.01 Å². The Bertz CT molecular complexity index is 470. The summed E-state index contributed by atoms with van der Waals surface area (Å²) in [5.41, 5.74) is 1.01. The molecule has 1 N–H and O–H groups in total. The topological polar surface area (TPSA) is 47.0 Å². The molecule has 0 spiro atoms. The first-order valence-corrected chi connectivity index (χ1v) is 5.54. The van der Waals surface area contributed by atoms with Gasteiger partial charge in [-0.15, -0.1) is 0 Å². The van der Waals surface area contributed by atoms with Crippen molar-refractivity contribution in [1.82, 2.24) is 15.3 Å². The van der Waals surface area contributed by atoms with Crippen LogP contribution in [0.3, 0.4) is 0 Å². The van der Waals surface area contributed by atoms with E-state index in [2.05, 4.69) is 15.3 Å². The van der Waals surface area contributed by atoms with Crippen molar-refractivity contribution in [2.24, 2.45) is 0 Å². The molecular formula is C12H12ClN3O. The lowest BCUT2D eigenvalue weighted by Gasteiger charge is -2.04. The quantitative estimate of drug-likeness (QED) is 0.905. The van der Waals surface area contributed by atoms with E-state index in [-0.39, 0.29) is 0 Å². The van der Waals surface area contributed by atoms with Gasteiger partial charge in [0.15, 0.2) is 0 Å². The minimum atomic E-state index is 0.326. The molecule has 88 valence electrons. The van der Waals surface area contributed by atoms with E-state index in [1.54, 1.807) is 36.7 Å². The third-order valence-corrected chi connectivity index (χ3v) is 2.34. The average Bonchev–Trinajstić information content (AvgIpc) is 2.35. The second-order valence-corrected chi connectivity index (χ2v) is 3.90. The van der Waals surface area contributed by atoms with Gasteiger partial charge in [-0.25, -0.2) is 9.97 Å². The molecule has 0 amide bonds. The Kier molecular flexibility index (Phi) is 3.90. The first-order valence-electron chi connectivity index (χ1n) is 5.17. The molecule has 1 aromatic heterocycles. The number of nitrogens with zero attached hydrogens (tertiary/aromatic N) is 2. The van der Waals surface area contributed by atoms with Gasteiger partial charge in [-0.3, -0.25) is 0 Å². The molecule has 0 radical (unpaired) electrons. The van der Waals surface area contributed by atoms with Gasteiger partial charge in [-0.1, -0.05) is 11.6 Å². The Labute approximate surface area is 105 Å². The van der Waals surface area contributed by atoms with Crippen molar-refractivity contribution >= 4 is 11.6 Å². The number of ether oxygens (including phenoxy) is 1. The first kappa shape index (κ1) is 11.8. The van der Waals surface area contributed by atoms with Crippen molar-refractivity contribution in [3.05, 3.63) is 47.2 Å². The maximum atomic E-state index is 5.78. The second kappa shape index (κ2) is 5.61. The molecule has 1 heterocycles. The predicted octanol–water partition coefficient (Wildman–Crippen LogP) is 2.64. The monoisotopic (exact) mass is 249 g/mol. The van der Waals surface area contributed by atoms with E-state index in [1.807, 2.05) is 7.05 Å². The highest BCUT2D eigenvalue weighted by Crippen LogP contribution is 2.19. The van der Waals surface area contributed by atoms with Crippen molar-refractivity contribution in [3.63, 3.8) is 0 Å². The summed E-state index contributed by atoms with van der Waals surface area (Å²) >= 11 is 5.78. The van der Waals surface area contributed by atoms with E-state index < -0.39 is 0 Å². The Morgan fingerprint density at radius 3 is 2.41 bits per heavy atom. The molecule has 4 nitrogen and oxygen atoms in total. The maximum absolute atomic E-state index is 5.78. The van der Waals surface area contributed by atoms with Gasteiger partial charge in [-0.2, -0.15) is 0 Å². The standard InChI is InChI=1S/C12H12ClN3O/c1-14-6-9-7-15-12(16-8-9)17-11-4-2-10(13)3-5-11/h2-5,7-8,14H,6H2,1H3. The van der Waals surface area contributed by atoms with Crippen LogP contribution in [-0.2, 0) is 6.54 Å². The van der Waals surface area contributed by atoms with Crippen LogP contribution < -0.4 is 10.1 Å². The lowest BCUT2D eigenvalue weighted by Crippen LogP contribution is -2.06. The lowest BCUT2D eigenvalue weighted by molar-refractivity contribution is 0.441. The highest BCUT2D eigenvalue weighted by molar-refractivity contribution is 6.30. The van der Waals surface area contributed by atoms with E-state index in [1.165, 1.54) is 0 Å². The number of nitrogens with one attached hydrogen (secondary N) is 1. The molecule has 0 atom stereocenters. The first-order chi connectivity index (χ1) is 8.28. The molecule has 2 aromatic rings. The number of aromatic nitrogens is 2. The largest absolute Gasteiger partial charge is 0.424 e. The highest BCUT2D eigenvalue weighted by atomic mass is 35.5. The maximum Gasteiger partial charge on any atom is 0.321 e. The van der Waals surface area contributed by atoms with Crippen LogP contribution >= 0.6 is 11.6 Å². The Morgan fingerprint density at radius 1 is 1.18 bits per heavy atom. The van der Waals surface area contributed by atoms with Crippen LogP contribution in [0.4, 0.5) is 0 Å². The van der Waals surface area contributed by atoms with Crippen LogP contribution in [0.15, 0.2) is 36.7 Å². The third-order valence-electron chi connectivity index (χ3n) is 2.09. The number of rotatable bonds is 4. The van der Waals surface area contributed by atoms with Crippen LogP contribution in [0.5, 0.6) is 11.8 Å². The van der Waals surface area contributed by atoms with Crippen molar-refractivity contribution in [3.8, 4) is 11.8 Å². The van der Waals surface area contributed by atoms with Crippen LogP contribution in [0, 0.1) is 0 Å². The van der Waals surface area contributed by atoms with Gasteiger partial charge in [0.2, 0.25) is 0 Å². The molecular weight excluding hydrogens is 238 g/mol. The van der Waals surface area contributed by atoms with E-state index in [9.17, 15) is 0 Å². The summed E-state index contributed by atoms with van der Waals surface area (Å²) in [7, 11) is 1.87. The number of hydrogen-bond acceptors (Lipinski definition) is 4. The predicted molar refractivity (Wildman–Crippen MR) is 66.3 cm³/mol. The van der Waals surface area contributed by atoms with Gasteiger partial charge in [0.1, 0.15) is 5.75 Å². The van der Waals surface area contributed by atoms with Crippen LogP contribution in [-0.4, -0.2) is 17.0 Å². The lowest BCUT2D eigenvalue weighted by atomic mass is 10.3. The molecule has 2 rings (SSSR count). The molecule has 0 saturated heterocycles. The third kappa shape index (κ3) is 3.41. The van der Waals surface area contributed by atoms with Crippen molar-refractivity contribution in [2.45, 2.75) is 6.54 Å². The summed E-state index contributed by atoms with van der Waals surface area (Å²) in [6.07, 6.45) is 3.46. The fourth-order valence-corrected chi connectivity index (χ4v) is 1.43. The summed E-state index contributed by atoms with van der Waals surface area (Å²) < 4.78 is 5.47. The molecule has 0 saturated carbocycles. The van der Waals surface area contributed by atoms with Crippen molar-refractivity contribution < 1.29 is 4.74 Å². The molecule has 0 fully saturated rings. The SMILES string of the molecule is CNCc1cnc(Oc2ccc(Cl)cc2)nc1. The molecule has 0 aliphatic carbocycles. The Hall–Kier alpha value is -1.65. The number of hydrogen-bond donors (Lipinski definition) is 1. The van der Waals surface area contributed by atoms with Gasteiger partial charge in [0, 0.05) is 29.5 Å². The fraction of sp³-hybridized carbons (Fsp3) is 0.167. The minimum Gasteiger partial charge on any atom is -0.424 e. The molecule has 0 aliphatic heterocycles. The van der Waals surface area contributed by atoms with E-state index in [0.717, 1.165) is 12.1 Å². The van der Waals surface area contributed by atoms with Gasteiger partial charge in [0.25, 0.3) is 0 Å². The van der Waals surface area contributed by atoms with Crippen LogP contribution in [0.1, 0.15) is 5.56 Å². The molecule has 17 heavy (non-hydrogen) atoms. The van der Waals surface area contributed by atoms with Crippen molar-refractivity contribution in [2.75, 3.05) is 7.05 Å². The molecule has 5 heteroatoms. The number of benzene rings is 1. The Balaban J connectivity index is 2.05. The zero-order valence-corrected chi connectivity index (χ0v) is 10.1.